The zero-order valence-corrected chi connectivity index (χ0v) is 8.04. The highest BCUT2D eigenvalue weighted by molar-refractivity contribution is 4.82. The fourth-order valence-electron chi connectivity index (χ4n) is 1.13. The van der Waals surface area contributed by atoms with E-state index < -0.39 is 0 Å². The predicted molar refractivity (Wildman–Crippen MR) is 49.4 cm³/mol. The summed E-state index contributed by atoms with van der Waals surface area (Å²) in [6, 6.07) is 0. The topological polar surface area (TPSA) is 20.2 Å². The van der Waals surface area contributed by atoms with Crippen LogP contribution in [0.5, 0.6) is 0 Å². The highest BCUT2D eigenvalue weighted by Crippen LogP contribution is 2.23. The van der Waals surface area contributed by atoms with Crippen molar-refractivity contribution in [2.24, 2.45) is 17.8 Å². The Labute approximate surface area is 70.1 Å². The molecule has 4 unspecified atom stereocenters. The fourth-order valence-corrected chi connectivity index (χ4v) is 1.13. The van der Waals surface area contributed by atoms with Crippen LogP contribution in [0.2, 0.25) is 0 Å². The second-order valence-electron chi connectivity index (χ2n) is 3.55. The van der Waals surface area contributed by atoms with E-state index in [9.17, 15) is 5.11 Å². The molecule has 0 aromatic rings. The molecule has 0 saturated carbocycles. The van der Waals surface area contributed by atoms with Crippen LogP contribution >= 0.6 is 0 Å². The monoisotopic (exact) mass is 156 g/mol. The summed E-state index contributed by atoms with van der Waals surface area (Å²) in [5.74, 6) is 1.34. The van der Waals surface area contributed by atoms with Crippen LogP contribution in [0.3, 0.4) is 0 Å². The minimum atomic E-state index is -0.215. The van der Waals surface area contributed by atoms with Crippen LogP contribution in [-0.4, -0.2) is 11.2 Å². The Bertz CT molecular complexity index is 118. The summed E-state index contributed by atoms with van der Waals surface area (Å²) in [5, 5.41) is 9.30. The molecule has 0 saturated heterocycles. The Morgan fingerprint density at radius 2 is 1.55 bits per heavy atom. The van der Waals surface area contributed by atoms with Crippen molar-refractivity contribution in [3.05, 3.63) is 12.7 Å². The van der Waals surface area contributed by atoms with Crippen LogP contribution in [0.4, 0.5) is 0 Å². The van der Waals surface area contributed by atoms with Gasteiger partial charge in [-0.15, -0.1) is 6.58 Å². The number of aliphatic hydroxyl groups excluding tert-OH is 1. The summed E-state index contributed by atoms with van der Waals surface area (Å²) in [6.45, 7) is 12.0. The predicted octanol–water partition coefficient (Wildman–Crippen LogP) is 2.46. The lowest BCUT2D eigenvalue weighted by atomic mass is 9.82. The van der Waals surface area contributed by atoms with Crippen LogP contribution in [0.25, 0.3) is 0 Å². The SMILES string of the molecule is C=CC(C)C(C)C(C)C(C)O. The van der Waals surface area contributed by atoms with Gasteiger partial charge in [0, 0.05) is 0 Å². The molecule has 0 radical (unpaired) electrons. The molecular weight excluding hydrogens is 136 g/mol. The number of hydrogen-bond donors (Lipinski definition) is 1. The average Bonchev–Trinajstić information content (AvgIpc) is 2.00. The molecule has 0 aliphatic rings. The summed E-state index contributed by atoms with van der Waals surface area (Å²) in [7, 11) is 0. The molecule has 0 aliphatic heterocycles. The van der Waals surface area contributed by atoms with E-state index in [0.29, 0.717) is 17.8 Å². The Kier molecular flexibility index (Phi) is 4.43. The van der Waals surface area contributed by atoms with Gasteiger partial charge in [-0.1, -0.05) is 26.8 Å². The summed E-state index contributed by atoms with van der Waals surface area (Å²) in [4.78, 5) is 0. The standard InChI is InChI=1S/C10H20O/c1-6-7(2)8(3)9(4)10(5)11/h6-11H,1H2,2-5H3. The zero-order chi connectivity index (χ0) is 9.02. The van der Waals surface area contributed by atoms with Crippen LogP contribution in [0.1, 0.15) is 27.7 Å². The number of aliphatic hydroxyl groups is 1. The molecule has 0 aromatic carbocycles. The first-order valence-electron chi connectivity index (χ1n) is 4.31. The molecule has 0 heterocycles. The van der Waals surface area contributed by atoms with Crippen molar-refractivity contribution in [1.82, 2.24) is 0 Å². The van der Waals surface area contributed by atoms with E-state index in [1.807, 2.05) is 13.0 Å². The largest absolute Gasteiger partial charge is 0.393 e. The highest BCUT2D eigenvalue weighted by atomic mass is 16.3. The van der Waals surface area contributed by atoms with Gasteiger partial charge in [0.2, 0.25) is 0 Å². The quantitative estimate of drug-likeness (QED) is 0.620. The minimum absolute atomic E-state index is 0.215. The first-order chi connectivity index (χ1) is 5.00. The van der Waals surface area contributed by atoms with Crippen LogP contribution < -0.4 is 0 Å². The van der Waals surface area contributed by atoms with Gasteiger partial charge in [0.05, 0.1) is 6.10 Å². The normalized spacial score (nSPS) is 21.9. The summed E-state index contributed by atoms with van der Waals surface area (Å²) >= 11 is 0. The average molecular weight is 156 g/mol. The van der Waals surface area contributed by atoms with Crippen molar-refractivity contribution >= 4 is 0 Å². The molecule has 1 N–H and O–H groups in total. The second kappa shape index (κ2) is 4.55. The Balaban J connectivity index is 4.00. The smallest absolute Gasteiger partial charge is 0.0540 e. The van der Waals surface area contributed by atoms with E-state index >= 15 is 0 Å². The maximum Gasteiger partial charge on any atom is 0.0540 e. The van der Waals surface area contributed by atoms with E-state index in [1.54, 1.807) is 0 Å². The molecular formula is C10H20O. The van der Waals surface area contributed by atoms with Gasteiger partial charge in [0.1, 0.15) is 0 Å². The highest BCUT2D eigenvalue weighted by Gasteiger charge is 2.20. The molecule has 11 heavy (non-hydrogen) atoms. The number of hydrogen-bond acceptors (Lipinski definition) is 1. The van der Waals surface area contributed by atoms with Crippen LogP contribution in [-0.2, 0) is 0 Å². The third-order valence-corrected chi connectivity index (χ3v) is 2.79. The molecule has 1 heteroatoms. The fraction of sp³-hybridized carbons (Fsp3) is 0.800. The van der Waals surface area contributed by atoms with Crippen LogP contribution in [0.15, 0.2) is 12.7 Å². The van der Waals surface area contributed by atoms with Crippen molar-refractivity contribution in [2.75, 3.05) is 0 Å². The molecule has 0 bridgehead atoms. The molecule has 1 nitrogen and oxygen atoms in total. The molecule has 0 aliphatic carbocycles. The Hall–Kier alpha value is -0.300. The van der Waals surface area contributed by atoms with E-state index in [2.05, 4.69) is 27.4 Å². The van der Waals surface area contributed by atoms with Crippen molar-refractivity contribution in [3.8, 4) is 0 Å². The number of rotatable bonds is 4. The number of allylic oxidation sites excluding steroid dienone is 1. The van der Waals surface area contributed by atoms with Gasteiger partial charge in [-0.3, -0.25) is 0 Å². The third kappa shape index (κ3) is 3.06. The van der Waals surface area contributed by atoms with E-state index in [-0.39, 0.29) is 6.10 Å². The van der Waals surface area contributed by atoms with Gasteiger partial charge in [-0.2, -0.15) is 0 Å². The summed E-state index contributed by atoms with van der Waals surface area (Å²) in [6.07, 6.45) is 1.73. The van der Waals surface area contributed by atoms with Crippen LogP contribution in [0, 0.1) is 17.8 Å². The Morgan fingerprint density at radius 1 is 1.09 bits per heavy atom. The third-order valence-electron chi connectivity index (χ3n) is 2.79. The second-order valence-corrected chi connectivity index (χ2v) is 3.55. The Morgan fingerprint density at radius 3 is 1.82 bits per heavy atom. The van der Waals surface area contributed by atoms with Gasteiger partial charge in [0.15, 0.2) is 0 Å². The van der Waals surface area contributed by atoms with E-state index in [4.69, 9.17) is 0 Å². The summed E-state index contributed by atoms with van der Waals surface area (Å²) < 4.78 is 0. The summed E-state index contributed by atoms with van der Waals surface area (Å²) in [5.41, 5.74) is 0. The maximum absolute atomic E-state index is 9.30. The van der Waals surface area contributed by atoms with Crippen molar-refractivity contribution in [1.29, 1.82) is 0 Å². The molecule has 0 spiro atoms. The minimum Gasteiger partial charge on any atom is -0.393 e. The van der Waals surface area contributed by atoms with Gasteiger partial charge >= 0.3 is 0 Å². The van der Waals surface area contributed by atoms with E-state index in [1.165, 1.54) is 0 Å². The lowest BCUT2D eigenvalue weighted by Crippen LogP contribution is -2.24. The maximum atomic E-state index is 9.30. The van der Waals surface area contributed by atoms with Gasteiger partial charge in [-0.25, -0.2) is 0 Å². The van der Waals surface area contributed by atoms with Gasteiger partial charge < -0.3 is 5.11 Å². The molecule has 0 rings (SSSR count). The van der Waals surface area contributed by atoms with Crippen molar-refractivity contribution in [2.45, 2.75) is 33.8 Å². The van der Waals surface area contributed by atoms with Crippen molar-refractivity contribution < 1.29 is 5.11 Å². The first-order valence-corrected chi connectivity index (χ1v) is 4.31. The van der Waals surface area contributed by atoms with Gasteiger partial charge in [0.25, 0.3) is 0 Å². The lowest BCUT2D eigenvalue weighted by Gasteiger charge is -2.25. The van der Waals surface area contributed by atoms with E-state index in [0.717, 1.165) is 0 Å². The molecule has 66 valence electrons. The lowest BCUT2D eigenvalue weighted by molar-refractivity contribution is 0.0925. The zero-order valence-electron chi connectivity index (χ0n) is 8.04. The van der Waals surface area contributed by atoms with Gasteiger partial charge in [-0.05, 0) is 24.7 Å². The van der Waals surface area contributed by atoms with Crippen molar-refractivity contribution in [3.63, 3.8) is 0 Å². The molecule has 0 amide bonds. The molecule has 0 aromatic heterocycles. The molecule has 4 atom stereocenters. The molecule has 0 fully saturated rings. The first kappa shape index (κ1) is 10.7.